The minimum Gasteiger partial charge on any atom is -0.493 e. The van der Waals surface area contributed by atoms with Crippen LogP contribution in [0.2, 0.25) is 0 Å². The molecule has 0 saturated carbocycles. The number of hydrogen-bond donors (Lipinski definition) is 0. The van der Waals surface area contributed by atoms with Gasteiger partial charge >= 0.3 is 0 Å². The highest BCUT2D eigenvalue weighted by molar-refractivity contribution is 5.82. The van der Waals surface area contributed by atoms with Gasteiger partial charge in [-0.25, -0.2) is 0 Å². The highest BCUT2D eigenvalue weighted by atomic mass is 16.7. The third kappa shape index (κ3) is 2.59. The van der Waals surface area contributed by atoms with Crippen molar-refractivity contribution in [3.63, 3.8) is 0 Å². The van der Waals surface area contributed by atoms with Crippen molar-refractivity contribution in [2.24, 2.45) is 5.10 Å². The number of hydrogen-bond acceptors (Lipinski definition) is 5. The van der Waals surface area contributed by atoms with Crippen molar-refractivity contribution in [1.82, 2.24) is 5.01 Å². The summed E-state index contributed by atoms with van der Waals surface area (Å²) in [5.74, 6) is 2.09. The summed E-state index contributed by atoms with van der Waals surface area (Å²) in [4.78, 5) is 0. The average molecular weight is 262 g/mol. The van der Waals surface area contributed by atoms with E-state index in [-0.39, 0.29) is 6.79 Å². The van der Waals surface area contributed by atoms with E-state index >= 15 is 0 Å². The summed E-state index contributed by atoms with van der Waals surface area (Å²) < 4.78 is 16.1. The quantitative estimate of drug-likeness (QED) is 0.784. The lowest BCUT2D eigenvalue weighted by atomic mass is 10.2. The fourth-order valence-corrected chi connectivity index (χ4v) is 2.37. The molecule has 5 heteroatoms. The van der Waals surface area contributed by atoms with Crippen molar-refractivity contribution in [2.75, 3.05) is 27.0 Å². The number of hydrazone groups is 1. The van der Waals surface area contributed by atoms with Gasteiger partial charge in [0.2, 0.25) is 12.5 Å². The monoisotopic (exact) mass is 262 g/mol. The third-order valence-electron chi connectivity index (χ3n) is 3.38. The van der Waals surface area contributed by atoms with Crippen molar-refractivity contribution in [2.45, 2.75) is 19.3 Å². The number of fused-ring (bicyclic) bond motifs is 1. The Morgan fingerprint density at radius 1 is 1.21 bits per heavy atom. The van der Waals surface area contributed by atoms with Gasteiger partial charge in [0.1, 0.15) is 0 Å². The van der Waals surface area contributed by atoms with Gasteiger partial charge in [0.05, 0.1) is 13.3 Å². The molecule has 3 rings (SSSR count). The number of nitrogens with zero attached hydrogens (tertiary/aromatic N) is 2. The smallest absolute Gasteiger partial charge is 0.231 e. The first kappa shape index (κ1) is 12.1. The molecule has 0 aliphatic carbocycles. The van der Waals surface area contributed by atoms with Gasteiger partial charge < -0.3 is 14.2 Å². The molecule has 102 valence electrons. The second-order valence-corrected chi connectivity index (χ2v) is 4.72. The zero-order chi connectivity index (χ0) is 13.1. The van der Waals surface area contributed by atoms with Gasteiger partial charge in [-0.3, -0.25) is 5.01 Å². The van der Waals surface area contributed by atoms with Crippen LogP contribution in [-0.4, -0.2) is 38.2 Å². The fourth-order valence-electron chi connectivity index (χ4n) is 2.37. The molecule has 1 saturated heterocycles. The Morgan fingerprint density at radius 2 is 2.05 bits per heavy atom. The Balaban J connectivity index is 1.79. The summed E-state index contributed by atoms with van der Waals surface area (Å²) in [5, 5.41) is 6.62. The molecule has 2 aliphatic heterocycles. The summed E-state index contributed by atoms with van der Waals surface area (Å²) in [5.41, 5.74) is 0.965. The van der Waals surface area contributed by atoms with Gasteiger partial charge in [0.25, 0.3) is 0 Å². The number of rotatable bonds is 3. The predicted molar refractivity (Wildman–Crippen MR) is 72.1 cm³/mol. The second-order valence-electron chi connectivity index (χ2n) is 4.72. The molecule has 1 fully saturated rings. The average Bonchev–Trinajstić information content (AvgIpc) is 2.93. The molecule has 0 spiro atoms. The van der Waals surface area contributed by atoms with Crippen molar-refractivity contribution in [3.8, 4) is 17.2 Å². The Hall–Kier alpha value is -1.91. The Kier molecular flexibility index (Phi) is 3.44. The van der Waals surface area contributed by atoms with Crippen molar-refractivity contribution < 1.29 is 14.2 Å². The summed E-state index contributed by atoms with van der Waals surface area (Å²) in [7, 11) is 1.63. The van der Waals surface area contributed by atoms with Gasteiger partial charge in [0, 0.05) is 18.7 Å². The lowest BCUT2D eigenvalue weighted by molar-refractivity contribution is 0.171. The Labute approximate surface area is 112 Å². The third-order valence-corrected chi connectivity index (χ3v) is 3.38. The molecule has 0 unspecified atom stereocenters. The lowest BCUT2D eigenvalue weighted by Gasteiger charge is -2.23. The zero-order valence-electron chi connectivity index (χ0n) is 11.1. The number of ether oxygens (including phenoxy) is 3. The predicted octanol–water partition coefficient (Wildman–Crippen LogP) is 2.24. The zero-order valence-corrected chi connectivity index (χ0v) is 11.1. The molecule has 0 radical (unpaired) electrons. The van der Waals surface area contributed by atoms with Gasteiger partial charge in [-0.15, -0.1) is 0 Å². The van der Waals surface area contributed by atoms with E-state index in [1.165, 1.54) is 19.3 Å². The van der Waals surface area contributed by atoms with Crippen LogP contribution in [0, 0.1) is 0 Å². The van der Waals surface area contributed by atoms with Crippen LogP contribution >= 0.6 is 0 Å². The van der Waals surface area contributed by atoms with Gasteiger partial charge in [0.15, 0.2) is 11.5 Å². The Morgan fingerprint density at radius 3 is 2.84 bits per heavy atom. The molecule has 5 nitrogen and oxygen atoms in total. The number of methoxy groups -OCH3 is 1. The Bertz CT molecular complexity index is 482. The maximum atomic E-state index is 5.40. The highest BCUT2D eigenvalue weighted by Gasteiger charge is 2.19. The molecule has 0 atom stereocenters. The first-order chi connectivity index (χ1) is 9.36. The summed E-state index contributed by atoms with van der Waals surface area (Å²) in [6.45, 7) is 2.33. The molecular formula is C14H18N2O3. The molecule has 2 heterocycles. The largest absolute Gasteiger partial charge is 0.493 e. The van der Waals surface area contributed by atoms with Crippen LogP contribution < -0.4 is 14.2 Å². The standard InChI is InChI=1S/C14H18N2O3/c1-17-12-7-11(8-13-14(12)19-10-18-13)9-15-16-5-3-2-4-6-16/h7-9H,2-6,10H2,1H3/b15-9-. The van der Waals surface area contributed by atoms with E-state index in [0.717, 1.165) is 24.4 Å². The molecule has 19 heavy (non-hydrogen) atoms. The van der Waals surface area contributed by atoms with Crippen LogP contribution in [0.15, 0.2) is 17.2 Å². The molecule has 1 aromatic rings. The maximum absolute atomic E-state index is 5.40. The molecule has 0 N–H and O–H groups in total. The summed E-state index contributed by atoms with van der Waals surface area (Å²) >= 11 is 0. The van der Waals surface area contributed by atoms with Crippen LogP contribution in [0.4, 0.5) is 0 Å². The number of benzene rings is 1. The van der Waals surface area contributed by atoms with Crippen molar-refractivity contribution in [1.29, 1.82) is 0 Å². The molecule has 0 aromatic heterocycles. The summed E-state index contributed by atoms with van der Waals surface area (Å²) in [6, 6.07) is 3.85. The SMILES string of the molecule is COc1cc(/C=N\N2CCCCC2)cc2c1OCO2. The van der Waals surface area contributed by atoms with Gasteiger partial charge in [-0.1, -0.05) is 0 Å². The molecule has 1 aromatic carbocycles. The molecule has 2 aliphatic rings. The maximum Gasteiger partial charge on any atom is 0.231 e. The van der Waals surface area contributed by atoms with E-state index in [4.69, 9.17) is 14.2 Å². The van der Waals surface area contributed by atoms with Crippen molar-refractivity contribution >= 4 is 6.21 Å². The topological polar surface area (TPSA) is 43.3 Å². The van der Waals surface area contributed by atoms with Crippen LogP contribution in [0.1, 0.15) is 24.8 Å². The first-order valence-corrected chi connectivity index (χ1v) is 6.63. The van der Waals surface area contributed by atoms with Crippen molar-refractivity contribution in [3.05, 3.63) is 17.7 Å². The highest BCUT2D eigenvalue weighted by Crippen LogP contribution is 2.41. The molecular weight excluding hydrogens is 244 g/mol. The van der Waals surface area contributed by atoms with E-state index < -0.39 is 0 Å². The van der Waals surface area contributed by atoms with E-state index in [2.05, 4.69) is 10.1 Å². The van der Waals surface area contributed by atoms with E-state index in [9.17, 15) is 0 Å². The number of piperidine rings is 1. The van der Waals surface area contributed by atoms with E-state index in [0.29, 0.717) is 11.5 Å². The van der Waals surface area contributed by atoms with Crippen LogP contribution in [0.5, 0.6) is 17.2 Å². The van der Waals surface area contributed by atoms with Gasteiger partial charge in [-0.2, -0.15) is 5.10 Å². The minimum absolute atomic E-state index is 0.248. The molecule has 0 bridgehead atoms. The normalized spacial score (nSPS) is 18.1. The van der Waals surface area contributed by atoms with Crippen LogP contribution in [0.3, 0.4) is 0 Å². The van der Waals surface area contributed by atoms with Crippen LogP contribution in [0.25, 0.3) is 0 Å². The summed E-state index contributed by atoms with van der Waals surface area (Å²) in [6.07, 6.45) is 5.61. The first-order valence-electron chi connectivity index (χ1n) is 6.63. The van der Waals surface area contributed by atoms with Crippen LogP contribution in [-0.2, 0) is 0 Å². The molecule has 0 amide bonds. The second kappa shape index (κ2) is 5.38. The minimum atomic E-state index is 0.248. The lowest BCUT2D eigenvalue weighted by Crippen LogP contribution is -2.24. The fraction of sp³-hybridized carbons (Fsp3) is 0.500. The van der Waals surface area contributed by atoms with Gasteiger partial charge in [-0.05, 0) is 31.4 Å². The van der Waals surface area contributed by atoms with E-state index in [1.807, 2.05) is 18.3 Å². The van der Waals surface area contributed by atoms with E-state index in [1.54, 1.807) is 7.11 Å².